The molecule has 152 valence electrons. The maximum atomic E-state index is 12.9. The number of aliphatic hydroxyl groups excluding tert-OH is 1. The van der Waals surface area contributed by atoms with Crippen LogP contribution in [0.25, 0.3) is 5.76 Å². The lowest BCUT2D eigenvalue weighted by Crippen LogP contribution is -2.30. The molecule has 1 atom stereocenters. The molecule has 3 rings (SSSR count). The number of benzene rings is 2. The molecule has 0 spiro atoms. The highest BCUT2D eigenvalue weighted by molar-refractivity contribution is 6.46. The summed E-state index contributed by atoms with van der Waals surface area (Å²) in [7, 11) is 1.57. The summed E-state index contributed by atoms with van der Waals surface area (Å²) in [4.78, 5) is 27.3. The summed E-state index contributed by atoms with van der Waals surface area (Å²) in [5, 5.41) is 11.0. The SMILES string of the molecule is CCCCN1C(=O)C(=O)/C(=C(\O)c2ccc(CC)cc2)C1c1cccc(OC)c1. The summed E-state index contributed by atoms with van der Waals surface area (Å²) in [6.07, 6.45) is 2.55. The van der Waals surface area contributed by atoms with Crippen LogP contribution in [0.5, 0.6) is 5.75 Å². The lowest BCUT2D eigenvalue weighted by Gasteiger charge is -2.25. The molecule has 1 heterocycles. The number of rotatable bonds is 7. The Balaban J connectivity index is 2.14. The summed E-state index contributed by atoms with van der Waals surface area (Å²) < 4.78 is 5.32. The molecule has 1 saturated heterocycles. The van der Waals surface area contributed by atoms with Crippen LogP contribution in [0.15, 0.2) is 54.1 Å². The van der Waals surface area contributed by atoms with Gasteiger partial charge in [-0.1, -0.05) is 56.7 Å². The van der Waals surface area contributed by atoms with Crippen LogP contribution in [0.4, 0.5) is 0 Å². The maximum Gasteiger partial charge on any atom is 0.295 e. The Morgan fingerprint density at radius 1 is 1.10 bits per heavy atom. The topological polar surface area (TPSA) is 66.8 Å². The molecule has 0 radical (unpaired) electrons. The van der Waals surface area contributed by atoms with Crippen LogP contribution in [-0.2, 0) is 16.0 Å². The van der Waals surface area contributed by atoms with E-state index in [9.17, 15) is 14.7 Å². The number of hydrogen-bond acceptors (Lipinski definition) is 4. The molecule has 1 N–H and O–H groups in total. The number of unbranched alkanes of at least 4 members (excludes halogenated alkanes) is 1. The van der Waals surface area contributed by atoms with Crippen molar-refractivity contribution in [3.8, 4) is 5.75 Å². The second-order valence-corrected chi connectivity index (χ2v) is 7.17. The van der Waals surface area contributed by atoms with Crippen molar-refractivity contribution in [3.05, 3.63) is 70.8 Å². The highest BCUT2D eigenvalue weighted by Crippen LogP contribution is 2.40. The van der Waals surface area contributed by atoms with Gasteiger partial charge in [0.25, 0.3) is 11.7 Å². The van der Waals surface area contributed by atoms with E-state index in [1.165, 1.54) is 0 Å². The summed E-state index contributed by atoms with van der Waals surface area (Å²) in [6.45, 7) is 4.54. The first-order valence-corrected chi connectivity index (χ1v) is 10.0. The molecule has 0 bridgehead atoms. The van der Waals surface area contributed by atoms with Gasteiger partial charge in [-0.25, -0.2) is 0 Å². The van der Waals surface area contributed by atoms with E-state index >= 15 is 0 Å². The average molecular weight is 393 g/mol. The molecule has 1 unspecified atom stereocenters. The predicted octanol–water partition coefficient (Wildman–Crippen LogP) is 4.48. The highest BCUT2D eigenvalue weighted by atomic mass is 16.5. The molecule has 2 aromatic rings. The van der Waals surface area contributed by atoms with Gasteiger partial charge >= 0.3 is 0 Å². The third kappa shape index (κ3) is 4.04. The predicted molar refractivity (Wildman–Crippen MR) is 113 cm³/mol. The molecule has 2 aromatic carbocycles. The second kappa shape index (κ2) is 8.95. The highest BCUT2D eigenvalue weighted by Gasteiger charge is 2.45. The van der Waals surface area contributed by atoms with Gasteiger partial charge in [0.05, 0.1) is 18.7 Å². The van der Waals surface area contributed by atoms with Crippen LogP contribution < -0.4 is 4.74 Å². The van der Waals surface area contributed by atoms with Crippen LogP contribution in [0.1, 0.15) is 49.4 Å². The van der Waals surface area contributed by atoms with Crippen molar-refractivity contribution >= 4 is 17.4 Å². The Kier molecular flexibility index (Phi) is 6.37. The minimum Gasteiger partial charge on any atom is -0.507 e. The van der Waals surface area contributed by atoms with Gasteiger partial charge in [-0.15, -0.1) is 0 Å². The number of Topliss-reactive ketones (excluding diaryl/α,β-unsaturated/α-hetero) is 1. The molecular weight excluding hydrogens is 366 g/mol. The van der Waals surface area contributed by atoms with Crippen molar-refractivity contribution in [3.63, 3.8) is 0 Å². The fourth-order valence-electron chi connectivity index (χ4n) is 3.65. The summed E-state index contributed by atoms with van der Waals surface area (Å²) in [5.74, 6) is -0.724. The van der Waals surface area contributed by atoms with Crippen LogP contribution in [-0.4, -0.2) is 35.4 Å². The van der Waals surface area contributed by atoms with Gasteiger partial charge in [0.1, 0.15) is 11.5 Å². The van der Waals surface area contributed by atoms with Crippen LogP contribution in [0, 0.1) is 0 Å². The minimum atomic E-state index is -0.647. The number of likely N-dealkylation sites (tertiary alicyclic amines) is 1. The normalized spacial score (nSPS) is 18.3. The molecule has 1 aliphatic rings. The molecule has 0 aliphatic carbocycles. The standard InChI is InChI=1S/C24H27NO4/c1-4-6-14-25-21(18-8-7-9-19(15-18)29-3)20(23(27)24(25)28)22(26)17-12-10-16(5-2)11-13-17/h7-13,15,21,26H,4-6,14H2,1-3H3/b22-20-. The lowest BCUT2D eigenvalue weighted by molar-refractivity contribution is -0.139. The van der Waals surface area contributed by atoms with E-state index in [2.05, 4.69) is 6.92 Å². The monoisotopic (exact) mass is 393 g/mol. The number of hydrogen-bond donors (Lipinski definition) is 1. The van der Waals surface area contributed by atoms with Crippen molar-refractivity contribution in [2.45, 2.75) is 39.2 Å². The maximum absolute atomic E-state index is 12.9. The first-order valence-electron chi connectivity index (χ1n) is 10.0. The van der Waals surface area contributed by atoms with Crippen molar-refractivity contribution in [1.82, 2.24) is 4.90 Å². The lowest BCUT2D eigenvalue weighted by atomic mass is 9.94. The Hall–Kier alpha value is -3.08. The van der Waals surface area contributed by atoms with Gasteiger partial charge in [0, 0.05) is 12.1 Å². The number of ketones is 1. The van der Waals surface area contributed by atoms with E-state index in [0.717, 1.165) is 30.4 Å². The fourth-order valence-corrected chi connectivity index (χ4v) is 3.65. The van der Waals surface area contributed by atoms with E-state index in [1.54, 1.807) is 24.1 Å². The fraction of sp³-hybridized carbons (Fsp3) is 0.333. The third-order valence-corrected chi connectivity index (χ3v) is 5.34. The average Bonchev–Trinajstić information content (AvgIpc) is 3.02. The zero-order valence-electron chi connectivity index (χ0n) is 17.1. The van der Waals surface area contributed by atoms with E-state index in [1.807, 2.05) is 43.3 Å². The quantitative estimate of drug-likeness (QED) is 0.428. The minimum absolute atomic E-state index is 0.128. The Morgan fingerprint density at radius 3 is 2.45 bits per heavy atom. The first kappa shape index (κ1) is 20.6. The molecule has 29 heavy (non-hydrogen) atoms. The van der Waals surface area contributed by atoms with Gasteiger partial charge in [0.15, 0.2) is 0 Å². The van der Waals surface area contributed by atoms with Crippen LogP contribution >= 0.6 is 0 Å². The van der Waals surface area contributed by atoms with Crippen LogP contribution in [0.2, 0.25) is 0 Å². The third-order valence-electron chi connectivity index (χ3n) is 5.34. The molecule has 5 heteroatoms. The van der Waals surface area contributed by atoms with Gasteiger partial charge in [-0.05, 0) is 36.1 Å². The van der Waals surface area contributed by atoms with Crippen molar-refractivity contribution in [1.29, 1.82) is 0 Å². The van der Waals surface area contributed by atoms with Gasteiger partial charge in [-0.3, -0.25) is 9.59 Å². The number of aryl methyl sites for hydroxylation is 1. The molecule has 0 saturated carbocycles. The Morgan fingerprint density at radius 2 is 1.83 bits per heavy atom. The zero-order chi connectivity index (χ0) is 21.0. The molecule has 5 nitrogen and oxygen atoms in total. The molecule has 1 fully saturated rings. The number of amides is 1. The van der Waals surface area contributed by atoms with Crippen molar-refractivity contribution in [2.75, 3.05) is 13.7 Å². The molecule has 1 amide bonds. The zero-order valence-corrected chi connectivity index (χ0v) is 17.1. The Bertz CT molecular complexity index is 930. The molecule has 0 aromatic heterocycles. The van der Waals surface area contributed by atoms with E-state index < -0.39 is 17.7 Å². The largest absolute Gasteiger partial charge is 0.507 e. The van der Waals surface area contributed by atoms with E-state index in [0.29, 0.717) is 17.9 Å². The number of nitrogens with zero attached hydrogens (tertiary/aromatic N) is 1. The van der Waals surface area contributed by atoms with Crippen LogP contribution in [0.3, 0.4) is 0 Å². The summed E-state index contributed by atoms with van der Waals surface area (Å²) in [6, 6.07) is 14.1. The smallest absolute Gasteiger partial charge is 0.295 e. The number of ether oxygens (including phenoxy) is 1. The second-order valence-electron chi connectivity index (χ2n) is 7.17. The van der Waals surface area contributed by atoms with Gasteiger partial charge in [-0.2, -0.15) is 0 Å². The van der Waals surface area contributed by atoms with Crippen molar-refractivity contribution in [2.24, 2.45) is 0 Å². The number of aliphatic hydroxyl groups is 1. The number of carbonyl (C=O) groups excluding carboxylic acids is 2. The van der Waals surface area contributed by atoms with E-state index in [4.69, 9.17) is 4.74 Å². The molecular formula is C24H27NO4. The first-order chi connectivity index (χ1) is 14.0. The van der Waals surface area contributed by atoms with E-state index in [-0.39, 0.29) is 11.3 Å². The number of methoxy groups -OCH3 is 1. The molecule has 1 aliphatic heterocycles. The number of carbonyl (C=O) groups is 2. The van der Waals surface area contributed by atoms with Gasteiger partial charge in [0.2, 0.25) is 0 Å². The summed E-state index contributed by atoms with van der Waals surface area (Å²) >= 11 is 0. The summed E-state index contributed by atoms with van der Waals surface area (Å²) in [5.41, 5.74) is 2.54. The van der Waals surface area contributed by atoms with Gasteiger partial charge < -0.3 is 14.7 Å². The Labute approximate surface area is 171 Å². The van der Waals surface area contributed by atoms with Crippen molar-refractivity contribution < 1.29 is 19.4 Å².